The highest BCUT2D eigenvalue weighted by Crippen LogP contribution is 2.34. The van der Waals surface area contributed by atoms with Crippen LogP contribution in [0.4, 0.5) is 10.2 Å². The summed E-state index contributed by atoms with van der Waals surface area (Å²) in [7, 11) is 0. The number of nitriles is 1. The minimum atomic E-state index is -0.309. The number of fused-ring (bicyclic) bond motifs is 1. The number of carbonyl (C=O) groups is 1. The lowest BCUT2D eigenvalue weighted by Crippen LogP contribution is -2.18. The van der Waals surface area contributed by atoms with Crippen LogP contribution in [0.2, 0.25) is 0 Å². The van der Waals surface area contributed by atoms with E-state index in [0.717, 1.165) is 21.7 Å². The minimum Gasteiger partial charge on any atom is -0.486 e. The zero-order valence-corrected chi connectivity index (χ0v) is 18.6. The van der Waals surface area contributed by atoms with Crippen molar-refractivity contribution in [1.82, 2.24) is 4.57 Å². The van der Waals surface area contributed by atoms with Crippen molar-refractivity contribution in [2.24, 2.45) is 0 Å². The van der Waals surface area contributed by atoms with Crippen molar-refractivity contribution in [2.75, 3.05) is 24.3 Å². The van der Waals surface area contributed by atoms with Crippen molar-refractivity contribution < 1.29 is 18.7 Å². The first-order chi connectivity index (χ1) is 15.5. The molecule has 4 rings (SSSR count). The molecular formula is C24H22FN3O3S. The molecule has 164 valence electrons. The Kier molecular flexibility index (Phi) is 6.37. The van der Waals surface area contributed by atoms with Gasteiger partial charge in [-0.2, -0.15) is 5.26 Å². The zero-order chi connectivity index (χ0) is 22.7. The van der Waals surface area contributed by atoms with Gasteiger partial charge < -0.3 is 19.4 Å². The molecule has 0 saturated heterocycles. The fraction of sp³-hybridized carbons (Fsp3) is 0.250. The normalized spacial score (nSPS) is 12.3. The molecule has 1 aromatic heterocycles. The van der Waals surface area contributed by atoms with E-state index >= 15 is 0 Å². The van der Waals surface area contributed by atoms with Gasteiger partial charge in [0.05, 0.1) is 11.3 Å². The van der Waals surface area contributed by atoms with Gasteiger partial charge in [-0.25, -0.2) is 4.39 Å². The summed E-state index contributed by atoms with van der Waals surface area (Å²) in [6, 6.07) is 14.0. The van der Waals surface area contributed by atoms with Crippen LogP contribution in [0.3, 0.4) is 0 Å². The Labute approximate surface area is 189 Å². The van der Waals surface area contributed by atoms with Gasteiger partial charge in [0.15, 0.2) is 11.5 Å². The molecule has 1 aliphatic heterocycles. The Morgan fingerprint density at radius 3 is 2.59 bits per heavy atom. The number of hydrogen-bond donors (Lipinski definition) is 1. The van der Waals surface area contributed by atoms with Gasteiger partial charge in [0.2, 0.25) is 5.91 Å². The molecule has 0 saturated carbocycles. The van der Waals surface area contributed by atoms with Gasteiger partial charge in [-0.05, 0) is 55.3 Å². The van der Waals surface area contributed by atoms with Crippen LogP contribution in [0, 0.1) is 31.0 Å². The summed E-state index contributed by atoms with van der Waals surface area (Å²) in [6.07, 6.45) is 0. The Bertz CT molecular complexity index is 1200. The lowest BCUT2D eigenvalue weighted by Gasteiger charge is -2.18. The van der Waals surface area contributed by atoms with Gasteiger partial charge >= 0.3 is 0 Å². The molecule has 32 heavy (non-hydrogen) atoms. The first kappa shape index (κ1) is 21.8. The van der Waals surface area contributed by atoms with E-state index in [1.807, 2.05) is 36.6 Å². The lowest BCUT2D eigenvalue weighted by molar-refractivity contribution is -0.113. The maximum atomic E-state index is 13.3. The number of rotatable bonds is 6. The van der Waals surface area contributed by atoms with Crippen LogP contribution < -0.4 is 14.8 Å². The molecule has 0 atom stereocenters. The zero-order valence-electron chi connectivity index (χ0n) is 17.8. The summed E-state index contributed by atoms with van der Waals surface area (Å²) in [5.41, 5.74) is 2.99. The van der Waals surface area contributed by atoms with Crippen LogP contribution in [0.15, 0.2) is 47.4 Å². The van der Waals surface area contributed by atoms with Crippen LogP contribution in [0.5, 0.6) is 11.5 Å². The number of carbonyl (C=O) groups excluding carboxylic acids is 1. The molecule has 6 nitrogen and oxygen atoms in total. The second-order valence-corrected chi connectivity index (χ2v) is 8.45. The highest BCUT2D eigenvalue weighted by Gasteiger charge is 2.20. The third-order valence-corrected chi connectivity index (χ3v) is 6.33. The van der Waals surface area contributed by atoms with E-state index in [1.165, 1.54) is 23.9 Å². The van der Waals surface area contributed by atoms with Crippen molar-refractivity contribution >= 4 is 23.5 Å². The fourth-order valence-corrected chi connectivity index (χ4v) is 4.26. The predicted octanol–water partition coefficient (Wildman–Crippen LogP) is 4.67. The van der Waals surface area contributed by atoms with E-state index in [1.54, 1.807) is 12.1 Å². The summed E-state index contributed by atoms with van der Waals surface area (Å²) in [5, 5.41) is 12.6. The van der Waals surface area contributed by atoms with E-state index < -0.39 is 0 Å². The molecule has 0 aliphatic carbocycles. The summed E-state index contributed by atoms with van der Waals surface area (Å²) in [6.45, 7) is 5.20. The van der Waals surface area contributed by atoms with E-state index in [0.29, 0.717) is 42.6 Å². The topological polar surface area (TPSA) is 76.3 Å². The number of nitrogens with zero attached hydrogens (tertiary/aromatic N) is 2. The second-order valence-electron chi connectivity index (χ2n) is 7.40. The molecule has 2 heterocycles. The molecule has 0 bridgehead atoms. The van der Waals surface area contributed by atoms with Gasteiger partial charge in [-0.15, -0.1) is 11.8 Å². The number of amides is 1. The van der Waals surface area contributed by atoms with E-state index in [-0.39, 0.29) is 17.5 Å². The molecule has 0 unspecified atom stereocenters. The van der Waals surface area contributed by atoms with E-state index in [9.17, 15) is 14.4 Å². The molecule has 1 N–H and O–H groups in total. The van der Waals surface area contributed by atoms with Crippen molar-refractivity contribution in [1.29, 1.82) is 5.26 Å². The second kappa shape index (κ2) is 9.37. The highest BCUT2D eigenvalue weighted by atomic mass is 32.2. The van der Waals surface area contributed by atoms with E-state index in [2.05, 4.69) is 11.4 Å². The summed E-state index contributed by atoms with van der Waals surface area (Å²) >= 11 is 1.38. The lowest BCUT2D eigenvalue weighted by atomic mass is 10.2. The van der Waals surface area contributed by atoms with Crippen molar-refractivity contribution in [3.8, 4) is 17.6 Å². The monoisotopic (exact) mass is 451 g/mol. The van der Waals surface area contributed by atoms with Crippen molar-refractivity contribution in [2.45, 2.75) is 25.3 Å². The Morgan fingerprint density at radius 2 is 1.88 bits per heavy atom. The smallest absolute Gasteiger partial charge is 0.235 e. The molecule has 0 radical (unpaired) electrons. The van der Waals surface area contributed by atoms with Gasteiger partial charge in [-0.3, -0.25) is 4.79 Å². The number of aromatic nitrogens is 1. The van der Waals surface area contributed by atoms with E-state index in [4.69, 9.17) is 9.47 Å². The average molecular weight is 452 g/mol. The Morgan fingerprint density at radius 1 is 1.16 bits per heavy atom. The number of ether oxygens (including phenoxy) is 2. The number of thioether (sulfide) groups is 1. The average Bonchev–Trinajstić information content (AvgIpc) is 3.02. The van der Waals surface area contributed by atoms with Gasteiger partial charge in [-0.1, -0.05) is 12.1 Å². The summed E-state index contributed by atoms with van der Waals surface area (Å²) in [5.74, 6) is 1.47. The van der Waals surface area contributed by atoms with Crippen LogP contribution >= 0.6 is 11.8 Å². The third-order valence-electron chi connectivity index (χ3n) is 5.34. The number of halogens is 1. The first-order valence-corrected chi connectivity index (χ1v) is 11.1. The van der Waals surface area contributed by atoms with Crippen LogP contribution in [0.1, 0.15) is 22.4 Å². The molecule has 2 aromatic carbocycles. The number of benzene rings is 2. The molecule has 1 aliphatic rings. The number of nitrogens with one attached hydrogen (secondary N) is 1. The quantitative estimate of drug-likeness (QED) is 0.552. The minimum absolute atomic E-state index is 0.171. The van der Waals surface area contributed by atoms with Crippen molar-refractivity contribution in [3.05, 3.63) is 70.7 Å². The maximum absolute atomic E-state index is 13.3. The third kappa shape index (κ3) is 4.58. The molecule has 8 heteroatoms. The molecule has 3 aromatic rings. The Hall–Kier alpha value is -3.44. The predicted molar refractivity (Wildman–Crippen MR) is 121 cm³/mol. The van der Waals surface area contributed by atoms with Gasteiger partial charge in [0.25, 0.3) is 0 Å². The summed E-state index contributed by atoms with van der Waals surface area (Å²) in [4.78, 5) is 13.6. The molecule has 1 amide bonds. The number of hydrogen-bond acceptors (Lipinski definition) is 5. The first-order valence-electron chi connectivity index (χ1n) is 10.1. The molecule has 0 spiro atoms. The van der Waals surface area contributed by atoms with Crippen LogP contribution in [-0.2, 0) is 11.3 Å². The van der Waals surface area contributed by atoms with Crippen LogP contribution in [0.25, 0.3) is 0 Å². The maximum Gasteiger partial charge on any atom is 0.235 e. The molecule has 0 fully saturated rings. The molecular weight excluding hydrogens is 429 g/mol. The largest absolute Gasteiger partial charge is 0.486 e. The SMILES string of the molecule is Cc1c(C#N)c(NC(=O)CSc2ccc3c(c2)OCCO3)n(Cc2ccc(F)cc2)c1C. The van der Waals surface area contributed by atoms with Gasteiger partial charge in [0.1, 0.15) is 30.9 Å². The summed E-state index contributed by atoms with van der Waals surface area (Å²) < 4.78 is 26.3. The van der Waals surface area contributed by atoms with Gasteiger partial charge in [0, 0.05) is 17.1 Å². The number of anilines is 1. The van der Waals surface area contributed by atoms with Crippen molar-refractivity contribution in [3.63, 3.8) is 0 Å². The standard InChI is InChI=1S/C24H22FN3O3S/c1-15-16(2)28(13-17-3-5-18(25)6-4-17)24(20(15)12-26)27-23(29)14-32-19-7-8-21-22(11-19)31-10-9-30-21/h3-8,11H,9-10,13-14H2,1-2H3,(H,27,29). The Balaban J connectivity index is 1.50. The fourth-order valence-electron chi connectivity index (χ4n) is 3.53. The highest BCUT2D eigenvalue weighted by molar-refractivity contribution is 8.00. The van der Waals surface area contributed by atoms with Crippen LogP contribution in [-0.4, -0.2) is 29.4 Å².